The molecule has 20 rings (SSSR count). The molecule has 0 heterocycles. The Morgan fingerprint density at radius 3 is 0.856 bits per heavy atom. The third kappa shape index (κ3) is 17.9. The van der Waals surface area contributed by atoms with Gasteiger partial charge in [-0.05, 0) is 353 Å². The Morgan fingerprint density at radius 2 is 0.532 bits per heavy atom. The first-order valence-corrected chi connectivity index (χ1v) is 46.3. The zero-order chi connectivity index (χ0) is 78.6. The lowest BCUT2D eigenvalue weighted by Gasteiger charge is -2.59. The molecule has 14 aliphatic carbocycles. The number of aliphatic hydroxyl groups is 6. The maximum atomic E-state index is 11.6. The van der Waals surface area contributed by atoms with E-state index in [0.29, 0.717) is 71.0 Å². The van der Waals surface area contributed by atoms with Gasteiger partial charge in [0.25, 0.3) is 0 Å². The highest BCUT2D eigenvalue weighted by molar-refractivity contribution is 5.38. The first kappa shape index (κ1) is 84.0. The van der Waals surface area contributed by atoms with Crippen molar-refractivity contribution in [2.45, 2.75) is 364 Å². The highest BCUT2D eigenvalue weighted by Gasteiger charge is 2.59. The van der Waals surface area contributed by atoms with Gasteiger partial charge in [-0.3, -0.25) is 0 Å². The van der Waals surface area contributed by atoms with Crippen LogP contribution in [-0.2, 0) is 33.6 Å². The fourth-order valence-electron chi connectivity index (χ4n) is 24.8. The molecule has 14 saturated carbocycles. The average Bonchev–Trinajstić information content (AvgIpc) is 1.71. The van der Waals surface area contributed by atoms with Crippen LogP contribution in [-0.4, -0.2) is 30.6 Å². The fraction of sp³-hybridized carbons (Fsp3) is 0.657. The molecular weight excluding hydrogens is 1360 g/mol. The van der Waals surface area contributed by atoms with Gasteiger partial charge in [-0.1, -0.05) is 261 Å². The summed E-state index contributed by atoms with van der Waals surface area (Å²) in [5.74, 6) is 11.8. The highest BCUT2D eigenvalue weighted by atomic mass is 16.3. The monoisotopic (exact) mass is 1510 g/mol. The SMILES string of the molecule is CCC(C)c1ccc(C2(O)C3CC4CC(C3)CC2C4)cc1.CCC(C)c1ccc(C2(O)CC3CCC2C3)cc1.CCC(C)c1cccc(C2(O)C3CC4CC(C3)CC2C4)c1.CCC(C)c1cccc(C2(O)CC3CCC2C3)c1.CCC(C)c1cccc(C2(O)CCCC2)c1.CCC(C)c1cccc(C2(O)CCCCC2)c1. The van der Waals surface area contributed by atoms with E-state index in [2.05, 4.69) is 229 Å². The van der Waals surface area contributed by atoms with Crippen LogP contribution in [0, 0.1) is 71.0 Å². The summed E-state index contributed by atoms with van der Waals surface area (Å²) in [5.41, 5.74) is 12.1. The van der Waals surface area contributed by atoms with Crippen LogP contribution >= 0.6 is 0 Å². The van der Waals surface area contributed by atoms with Gasteiger partial charge in [-0.15, -0.1) is 0 Å². The second-order valence-electron chi connectivity index (χ2n) is 39.7. The molecule has 6 aromatic carbocycles. The fourth-order valence-corrected chi connectivity index (χ4v) is 24.8. The molecule has 0 aromatic heterocycles. The number of fused-ring (bicyclic) bond motifs is 4. The van der Waals surface area contributed by atoms with Crippen molar-refractivity contribution >= 4 is 0 Å². The second kappa shape index (κ2) is 35.9. The van der Waals surface area contributed by atoms with Gasteiger partial charge in [0.2, 0.25) is 0 Å². The van der Waals surface area contributed by atoms with Crippen molar-refractivity contribution in [1.82, 2.24) is 0 Å². The molecule has 111 heavy (non-hydrogen) atoms. The minimum absolute atomic E-state index is 0.509. The maximum absolute atomic E-state index is 11.6. The molecule has 6 aromatic rings. The van der Waals surface area contributed by atoms with Crippen LogP contribution in [0.3, 0.4) is 0 Å². The molecule has 12 unspecified atom stereocenters. The van der Waals surface area contributed by atoms with Gasteiger partial charge in [0.05, 0.1) is 33.6 Å². The van der Waals surface area contributed by atoms with E-state index in [1.54, 1.807) is 0 Å². The maximum Gasteiger partial charge on any atom is 0.0953 e. The summed E-state index contributed by atoms with van der Waals surface area (Å²) >= 11 is 0. The van der Waals surface area contributed by atoms with Crippen LogP contribution in [0.25, 0.3) is 0 Å². The van der Waals surface area contributed by atoms with Gasteiger partial charge in [0.15, 0.2) is 0 Å². The number of hydrogen-bond acceptors (Lipinski definition) is 6. The summed E-state index contributed by atoms with van der Waals surface area (Å²) in [6.07, 6.45) is 39.1. The highest BCUT2D eigenvalue weighted by Crippen LogP contribution is 2.64. The van der Waals surface area contributed by atoms with E-state index >= 15 is 0 Å². The minimum atomic E-state index is -0.554. The Bertz CT molecular complexity index is 3870. The standard InChI is InChI=1S/2C20H28O.2C17H24O.C16H24O.C15H22O/c1-3-13(2)16-4-6-17(7-5-16)20(21)18-9-14-8-15(11-18)12-19(20)10-14;1-3-13(2)16-5-4-6-17(12-16)20(21)18-8-14-7-15(10-18)11-19(20)9-14;1-3-12(2)14-5-8-15(9-6-14)17(18)11-13-4-7-16(17)10-13;1-3-12(2)14-5-4-6-15(10-14)17(18)11-13-7-8-16(17)9-13;1-3-13(2)14-8-7-9-15(12-14)16(17)10-5-4-6-11-16;1-3-12(2)13-7-6-8-14(11-13)15(16)9-4-5-10-15/h4-7,13-15,18-19,21H,3,8-12H2,1-2H3;4-6,12-15,18-19,21H,3,7-11H2,1-2H3;5-6,8-9,12-13,16,18H,3-4,7,10-11H2,1-2H3;4-6,10,12-13,16,18H,3,7-9,11H2,1-2H3;7-9,12-13,17H,3-6,10-11H2,1-2H3;6-8,11-12,16H,3-5,9-10H2,1-2H3. The zero-order valence-corrected chi connectivity index (χ0v) is 71.3. The predicted octanol–water partition coefficient (Wildman–Crippen LogP) is 26.4. The van der Waals surface area contributed by atoms with Crippen LogP contribution in [0.4, 0.5) is 0 Å². The van der Waals surface area contributed by atoms with Crippen molar-refractivity contribution in [2.24, 2.45) is 71.0 Å². The molecule has 6 N–H and O–H groups in total. The predicted molar refractivity (Wildman–Crippen MR) is 461 cm³/mol. The Morgan fingerprint density at radius 1 is 0.261 bits per heavy atom. The molecule has 0 saturated heterocycles. The van der Waals surface area contributed by atoms with Crippen molar-refractivity contribution in [3.8, 4) is 0 Å². The van der Waals surface area contributed by atoms with E-state index in [4.69, 9.17) is 0 Å². The Labute approximate surface area is 674 Å². The molecule has 12 bridgehead atoms. The quantitative estimate of drug-likeness (QED) is 0.0510. The number of rotatable bonds is 18. The van der Waals surface area contributed by atoms with E-state index in [-0.39, 0.29) is 0 Å². The van der Waals surface area contributed by atoms with Crippen LogP contribution < -0.4 is 0 Å². The lowest BCUT2D eigenvalue weighted by Crippen LogP contribution is -2.55. The Hall–Kier alpha value is -4.92. The largest absolute Gasteiger partial charge is 0.385 e. The molecule has 0 spiro atoms. The van der Waals surface area contributed by atoms with Crippen LogP contribution in [0.15, 0.2) is 146 Å². The molecule has 12 atom stereocenters. The van der Waals surface area contributed by atoms with E-state index in [9.17, 15) is 30.6 Å². The molecule has 6 nitrogen and oxygen atoms in total. The first-order valence-electron chi connectivity index (χ1n) is 46.3. The summed E-state index contributed by atoms with van der Waals surface area (Å²) < 4.78 is 0. The molecule has 6 heteroatoms. The smallest absolute Gasteiger partial charge is 0.0953 e. The summed E-state index contributed by atoms with van der Waals surface area (Å²) in [6, 6.07) is 52.5. The topological polar surface area (TPSA) is 121 Å². The van der Waals surface area contributed by atoms with Crippen molar-refractivity contribution in [2.75, 3.05) is 0 Å². The lowest BCUT2D eigenvalue weighted by atomic mass is 9.48. The number of hydrogen-bond donors (Lipinski definition) is 6. The van der Waals surface area contributed by atoms with Crippen LogP contribution in [0.2, 0.25) is 0 Å². The minimum Gasteiger partial charge on any atom is -0.385 e. The first-order chi connectivity index (χ1) is 53.3. The summed E-state index contributed by atoms with van der Waals surface area (Å²) in [4.78, 5) is 0. The van der Waals surface area contributed by atoms with E-state index in [1.165, 1.54) is 178 Å². The van der Waals surface area contributed by atoms with Gasteiger partial charge >= 0.3 is 0 Å². The molecule has 0 amide bonds. The van der Waals surface area contributed by atoms with Gasteiger partial charge < -0.3 is 30.6 Å². The second-order valence-corrected chi connectivity index (χ2v) is 39.7. The van der Waals surface area contributed by atoms with Gasteiger partial charge in [0, 0.05) is 0 Å². The van der Waals surface area contributed by atoms with Crippen molar-refractivity contribution in [3.05, 3.63) is 212 Å². The number of benzene rings is 6. The summed E-state index contributed by atoms with van der Waals surface area (Å²) in [5, 5.41) is 66.4. The molecule has 0 aliphatic heterocycles. The molecule has 14 fully saturated rings. The van der Waals surface area contributed by atoms with Gasteiger partial charge in [-0.2, -0.15) is 0 Å². The van der Waals surface area contributed by atoms with Gasteiger partial charge in [0.1, 0.15) is 0 Å². The average molecular weight is 1510 g/mol. The Kier molecular flexibility index (Phi) is 27.2. The lowest BCUT2D eigenvalue weighted by molar-refractivity contribution is -0.179. The molecule has 606 valence electrons. The Balaban J connectivity index is 0.000000117. The van der Waals surface area contributed by atoms with Gasteiger partial charge in [-0.25, -0.2) is 0 Å². The molecule has 0 radical (unpaired) electrons. The summed E-state index contributed by atoms with van der Waals surface area (Å²) in [7, 11) is 0. The van der Waals surface area contributed by atoms with E-state index < -0.39 is 33.6 Å². The summed E-state index contributed by atoms with van der Waals surface area (Å²) in [6.45, 7) is 27.0. The third-order valence-electron chi connectivity index (χ3n) is 33.0. The van der Waals surface area contributed by atoms with Crippen LogP contribution in [0.1, 0.15) is 397 Å². The molecule has 14 aliphatic rings. The third-order valence-corrected chi connectivity index (χ3v) is 33.0. The van der Waals surface area contributed by atoms with E-state index in [0.717, 1.165) is 136 Å². The zero-order valence-electron chi connectivity index (χ0n) is 71.3. The van der Waals surface area contributed by atoms with Crippen LogP contribution in [0.5, 0.6) is 0 Å². The van der Waals surface area contributed by atoms with E-state index in [1.807, 2.05) is 0 Å². The normalized spacial score (nSPS) is 33.9. The molecular formula is C105H150O6. The van der Waals surface area contributed by atoms with Crippen molar-refractivity contribution < 1.29 is 30.6 Å². The van der Waals surface area contributed by atoms with Crippen molar-refractivity contribution in [3.63, 3.8) is 0 Å². The van der Waals surface area contributed by atoms with Crippen molar-refractivity contribution in [1.29, 1.82) is 0 Å².